The van der Waals surface area contributed by atoms with E-state index in [1.54, 1.807) is 11.8 Å². The van der Waals surface area contributed by atoms with E-state index in [0.29, 0.717) is 0 Å². The number of thioether (sulfide) groups is 1. The minimum Gasteiger partial charge on any atom is -0.444 e. The monoisotopic (exact) mass is 322 g/mol. The predicted molar refractivity (Wildman–Crippen MR) is 92.7 cm³/mol. The lowest BCUT2D eigenvalue weighted by Gasteiger charge is -2.29. The molecule has 0 radical (unpaired) electrons. The molecule has 1 saturated heterocycles. The maximum absolute atomic E-state index is 12.3. The second-order valence-corrected chi connectivity index (χ2v) is 7.46. The van der Waals surface area contributed by atoms with E-state index >= 15 is 0 Å². The van der Waals surface area contributed by atoms with Crippen molar-refractivity contribution < 1.29 is 9.53 Å². The quantitative estimate of drug-likeness (QED) is 0.843. The zero-order valence-corrected chi connectivity index (χ0v) is 14.7. The van der Waals surface area contributed by atoms with Gasteiger partial charge in [-0.2, -0.15) is 0 Å². The summed E-state index contributed by atoms with van der Waals surface area (Å²) in [6.07, 6.45) is 3.93. The van der Waals surface area contributed by atoms with Gasteiger partial charge in [-0.25, -0.2) is 4.79 Å². The standard InChI is InChI=1S/C17H26N2O2S/c1-17(2,3)21-16(20)19-10-6-8-14(19)12-18-13-7-5-9-15(11-13)22-4/h5,7,9,11,14,18H,6,8,10,12H2,1-4H3. The molecule has 0 aromatic heterocycles. The van der Waals surface area contributed by atoms with Gasteiger partial charge in [0, 0.05) is 23.7 Å². The molecule has 1 aliphatic heterocycles. The van der Waals surface area contributed by atoms with Crippen molar-refractivity contribution in [1.29, 1.82) is 0 Å². The van der Waals surface area contributed by atoms with Gasteiger partial charge in [0.25, 0.3) is 0 Å². The summed E-state index contributed by atoms with van der Waals surface area (Å²) >= 11 is 1.73. The molecule has 2 rings (SSSR count). The van der Waals surface area contributed by atoms with Gasteiger partial charge in [0.1, 0.15) is 5.60 Å². The van der Waals surface area contributed by atoms with Crippen molar-refractivity contribution in [3.8, 4) is 0 Å². The third-order valence-electron chi connectivity index (χ3n) is 3.62. The number of ether oxygens (including phenoxy) is 1. The summed E-state index contributed by atoms with van der Waals surface area (Å²) in [6.45, 7) is 7.26. The molecule has 1 atom stereocenters. The average Bonchev–Trinajstić information content (AvgIpc) is 2.92. The van der Waals surface area contributed by atoms with Crippen LogP contribution < -0.4 is 5.32 Å². The second-order valence-electron chi connectivity index (χ2n) is 6.58. The molecular weight excluding hydrogens is 296 g/mol. The highest BCUT2D eigenvalue weighted by Gasteiger charge is 2.31. The Morgan fingerprint density at radius 2 is 2.23 bits per heavy atom. The summed E-state index contributed by atoms with van der Waals surface area (Å²) in [5.74, 6) is 0. The Labute approximate surface area is 137 Å². The van der Waals surface area contributed by atoms with Crippen LogP contribution in [0.2, 0.25) is 0 Å². The number of hydrogen-bond acceptors (Lipinski definition) is 4. The molecule has 1 N–H and O–H groups in total. The summed E-state index contributed by atoms with van der Waals surface area (Å²) in [7, 11) is 0. The lowest BCUT2D eigenvalue weighted by molar-refractivity contribution is 0.0235. The van der Waals surface area contributed by atoms with Crippen molar-refractivity contribution in [2.45, 2.75) is 50.2 Å². The molecule has 4 nitrogen and oxygen atoms in total. The maximum Gasteiger partial charge on any atom is 0.410 e. The number of likely N-dealkylation sites (tertiary alicyclic amines) is 1. The molecule has 1 aliphatic rings. The van der Waals surface area contributed by atoms with Crippen LogP contribution in [-0.4, -0.2) is 42.0 Å². The Bertz CT molecular complexity index is 514. The van der Waals surface area contributed by atoms with Crippen molar-refractivity contribution in [3.63, 3.8) is 0 Å². The molecule has 0 aliphatic carbocycles. The van der Waals surface area contributed by atoms with Gasteiger partial charge in [0.05, 0.1) is 6.04 Å². The highest BCUT2D eigenvalue weighted by Crippen LogP contribution is 2.23. The first-order chi connectivity index (χ1) is 10.4. The minimum absolute atomic E-state index is 0.199. The summed E-state index contributed by atoms with van der Waals surface area (Å²) in [4.78, 5) is 15.4. The first kappa shape index (κ1) is 17.0. The lowest BCUT2D eigenvalue weighted by Crippen LogP contribution is -2.42. The molecule has 1 aromatic carbocycles. The van der Waals surface area contributed by atoms with Crippen LogP contribution in [0, 0.1) is 0 Å². The summed E-state index contributed by atoms with van der Waals surface area (Å²) in [5, 5.41) is 3.45. The number of nitrogens with zero attached hydrogens (tertiary/aromatic N) is 1. The van der Waals surface area contributed by atoms with Gasteiger partial charge >= 0.3 is 6.09 Å². The highest BCUT2D eigenvalue weighted by atomic mass is 32.2. The van der Waals surface area contributed by atoms with E-state index in [1.165, 1.54) is 4.90 Å². The smallest absolute Gasteiger partial charge is 0.410 e. The molecule has 1 amide bonds. The van der Waals surface area contributed by atoms with Crippen LogP contribution in [0.5, 0.6) is 0 Å². The molecule has 22 heavy (non-hydrogen) atoms. The number of amides is 1. The van der Waals surface area contributed by atoms with Crippen LogP contribution >= 0.6 is 11.8 Å². The molecule has 0 spiro atoms. The summed E-state index contributed by atoms with van der Waals surface area (Å²) < 4.78 is 5.50. The van der Waals surface area contributed by atoms with Gasteiger partial charge in [0.15, 0.2) is 0 Å². The van der Waals surface area contributed by atoms with Gasteiger partial charge in [-0.1, -0.05) is 6.07 Å². The number of rotatable bonds is 4. The van der Waals surface area contributed by atoms with Crippen molar-refractivity contribution in [3.05, 3.63) is 24.3 Å². The van der Waals surface area contributed by atoms with Crippen molar-refractivity contribution in [1.82, 2.24) is 4.90 Å². The third kappa shape index (κ3) is 4.83. The van der Waals surface area contributed by atoms with E-state index < -0.39 is 5.60 Å². The number of carbonyl (C=O) groups is 1. The van der Waals surface area contributed by atoms with Gasteiger partial charge in [-0.15, -0.1) is 11.8 Å². The molecule has 122 valence electrons. The largest absolute Gasteiger partial charge is 0.444 e. The Balaban J connectivity index is 1.92. The van der Waals surface area contributed by atoms with Crippen LogP contribution in [0.4, 0.5) is 10.5 Å². The van der Waals surface area contributed by atoms with Crippen LogP contribution in [-0.2, 0) is 4.74 Å². The van der Waals surface area contributed by atoms with Crippen LogP contribution in [0.25, 0.3) is 0 Å². The van der Waals surface area contributed by atoms with Crippen molar-refractivity contribution in [2.75, 3.05) is 24.7 Å². The van der Waals surface area contributed by atoms with Gasteiger partial charge < -0.3 is 15.0 Å². The van der Waals surface area contributed by atoms with Crippen molar-refractivity contribution in [2.24, 2.45) is 0 Å². The molecule has 0 bridgehead atoms. The average molecular weight is 322 g/mol. The Hall–Kier alpha value is -1.36. The fraction of sp³-hybridized carbons (Fsp3) is 0.588. The van der Waals surface area contributed by atoms with E-state index in [9.17, 15) is 4.79 Å². The minimum atomic E-state index is -0.440. The first-order valence-electron chi connectivity index (χ1n) is 7.76. The fourth-order valence-corrected chi connectivity index (χ4v) is 3.04. The normalized spacial score (nSPS) is 18.4. The second kappa shape index (κ2) is 7.27. The topological polar surface area (TPSA) is 41.6 Å². The van der Waals surface area contributed by atoms with E-state index in [4.69, 9.17) is 4.74 Å². The molecular formula is C17H26N2O2S. The van der Waals surface area contributed by atoms with Crippen LogP contribution in [0.1, 0.15) is 33.6 Å². The van der Waals surface area contributed by atoms with Gasteiger partial charge in [0.2, 0.25) is 0 Å². The van der Waals surface area contributed by atoms with Crippen molar-refractivity contribution >= 4 is 23.5 Å². The van der Waals surface area contributed by atoms with Gasteiger partial charge in [-0.05, 0) is 58.1 Å². The molecule has 1 aromatic rings. The molecule has 0 saturated carbocycles. The van der Waals surface area contributed by atoms with Crippen LogP contribution in [0.15, 0.2) is 29.2 Å². The number of carbonyl (C=O) groups excluding carboxylic acids is 1. The van der Waals surface area contributed by atoms with E-state index in [0.717, 1.165) is 31.6 Å². The van der Waals surface area contributed by atoms with Gasteiger partial charge in [-0.3, -0.25) is 0 Å². The third-order valence-corrected chi connectivity index (χ3v) is 4.34. The molecule has 5 heteroatoms. The number of benzene rings is 1. The summed E-state index contributed by atoms with van der Waals surface area (Å²) in [6, 6.07) is 8.55. The first-order valence-corrected chi connectivity index (χ1v) is 8.99. The SMILES string of the molecule is CSc1cccc(NCC2CCCN2C(=O)OC(C)(C)C)c1. The number of nitrogens with one attached hydrogen (secondary N) is 1. The number of anilines is 1. The Kier molecular flexibility index (Phi) is 5.62. The van der Waals surface area contributed by atoms with E-state index in [1.807, 2.05) is 25.7 Å². The Morgan fingerprint density at radius 1 is 1.45 bits per heavy atom. The zero-order chi connectivity index (χ0) is 16.2. The maximum atomic E-state index is 12.3. The van der Waals surface area contributed by atoms with E-state index in [2.05, 4.69) is 35.8 Å². The number of hydrogen-bond donors (Lipinski definition) is 1. The lowest BCUT2D eigenvalue weighted by atomic mass is 10.2. The molecule has 1 heterocycles. The summed E-state index contributed by atoms with van der Waals surface area (Å²) in [5.41, 5.74) is 0.660. The zero-order valence-electron chi connectivity index (χ0n) is 13.9. The molecule has 1 unspecified atom stereocenters. The fourth-order valence-electron chi connectivity index (χ4n) is 2.58. The Morgan fingerprint density at radius 3 is 2.91 bits per heavy atom. The predicted octanol–water partition coefficient (Wildman–Crippen LogP) is 4.22. The molecule has 1 fully saturated rings. The van der Waals surface area contributed by atoms with E-state index in [-0.39, 0.29) is 12.1 Å². The highest BCUT2D eigenvalue weighted by molar-refractivity contribution is 7.98. The van der Waals surface area contributed by atoms with Crippen LogP contribution in [0.3, 0.4) is 0 Å².